The molecule has 0 atom stereocenters. The molecule has 19 heavy (non-hydrogen) atoms. The van der Waals surface area contributed by atoms with Gasteiger partial charge in [-0.05, 0) is 45.8 Å². The van der Waals surface area contributed by atoms with Crippen LogP contribution in [0.1, 0.15) is 11.1 Å². The maximum atomic E-state index is 13.1. The van der Waals surface area contributed by atoms with E-state index in [4.69, 9.17) is 21.6 Å². The quantitative estimate of drug-likeness (QED) is 0.812. The normalized spacial score (nSPS) is 10.0. The molecule has 5 heteroatoms. The summed E-state index contributed by atoms with van der Waals surface area (Å²) in [6.45, 7) is 0.293. The molecule has 2 aromatic rings. The van der Waals surface area contributed by atoms with Crippen LogP contribution in [0.15, 0.2) is 40.9 Å². The summed E-state index contributed by atoms with van der Waals surface area (Å²) in [6.07, 6.45) is 0. The van der Waals surface area contributed by atoms with Crippen LogP contribution in [0.5, 0.6) is 5.75 Å². The van der Waals surface area contributed by atoms with Gasteiger partial charge < -0.3 is 4.74 Å². The molecule has 0 heterocycles. The standard InChI is InChI=1S/C14H8BrClFNO/c15-12-5-9(1-4-14(12)17)8-19-11-3-2-10(7-18)13(16)6-11/h1-6H,8H2. The zero-order valence-corrected chi connectivity index (χ0v) is 12.0. The number of ether oxygens (including phenoxy) is 1. The molecule has 0 spiro atoms. The highest BCUT2D eigenvalue weighted by Gasteiger charge is 2.04. The lowest BCUT2D eigenvalue weighted by Gasteiger charge is -2.07. The summed E-state index contributed by atoms with van der Waals surface area (Å²) >= 11 is 9.01. The van der Waals surface area contributed by atoms with Crippen molar-refractivity contribution >= 4 is 27.5 Å². The first kappa shape index (κ1) is 13.9. The second kappa shape index (κ2) is 6.05. The second-order valence-electron chi connectivity index (χ2n) is 3.79. The van der Waals surface area contributed by atoms with Gasteiger partial charge in [-0.1, -0.05) is 17.7 Å². The lowest BCUT2D eigenvalue weighted by molar-refractivity contribution is 0.306. The zero-order chi connectivity index (χ0) is 13.8. The van der Waals surface area contributed by atoms with Crippen molar-refractivity contribution in [3.63, 3.8) is 0 Å². The molecule has 2 rings (SSSR count). The molecule has 0 saturated carbocycles. The second-order valence-corrected chi connectivity index (χ2v) is 5.05. The third-order valence-electron chi connectivity index (χ3n) is 2.45. The molecule has 0 N–H and O–H groups in total. The van der Waals surface area contributed by atoms with Gasteiger partial charge in [0.1, 0.15) is 24.2 Å². The molecule has 0 fully saturated rings. The minimum atomic E-state index is -0.315. The number of hydrogen-bond donors (Lipinski definition) is 0. The van der Waals surface area contributed by atoms with Crippen molar-refractivity contribution in [1.82, 2.24) is 0 Å². The third kappa shape index (κ3) is 3.46. The van der Waals surface area contributed by atoms with Crippen LogP contribution in [0.25, 0.3) is 0 Å². The first-order valence-electron chi connectivity index (χ1n) is 5.36. The highest BCUT2D eigenvalue weighted by molar-refractivity contribution is 9.10. The minimum Gasteiger partial charge on any atom is -0.489 e. The highest BCUT2D eigenvalue weighted by Crippen LogP contribution is 2.23. The van der Waals surface area contributed by atoms with Gasteiger partial charge in [-0.15, -0.1) is 0 Å². The number of halogens is 3. The first-order valence-corrected chi connectivity index (χ1v) is 6.53. The molecular formula is C14H8BrClFNO. The van der Waals surface area contributed by atoms with Crippen molar-refractivity contribution in [2.45, 2.75) is 6.61 Å². The first-order chi connectivity index (χ1) is 9.10. The molecule has 0 saturated heterocycles. The van der Waals surface area contributed by atoms with E-state index in [0.29, 0.717) is 27.4 Å². The van der Waals surface area contributed by atoms with Crippen molar-refractivity contribution in [1.29, 1.82) is 5.26 Å². The smallest absolute Gasteiger partial charge is 0.137 e. The number of nitriles is 1. The summed E-state index contributed by atoms with van der Waals surface area (Å²) in [5.41, 5.74) is 1.23. The van der Waals surface area contributed by atoms with E-state index in [0.717, 1.165) is 5.56 Å². The fourth-order valence-corrected chi connectivity index (χ4v) is 2.11. The lowest BCUT2D eigenvalue weighted by Crippen LogP contribution is -1.96. The van der Waals surface area contributed by atoms with E-state index < -0.39 is 0 Å². The SMILES string of the molecule is N#Cc1ccc(OCc2ccc(F)c(Br)c2)cc1Cl. The number of hydrogen-bond acceptors (Lipinski definition) is 2. The molecule has 0 aromatic heterocycles. The third-order valence-corrected chi connectivity index (χ3v) is 3.37. The summed E-state index contributed by atoms with van der Waals surface area (Å²) in [6, 6.07) is 11.5. The van der Waals surface area contributed by atoms with Gasteiger partial charge >= 0.3 is 0 Å². The van der Waals surface area contributed by atoms with Crippen molar-refractivity contribution < 1.29 is 9.13 Å². The Balaban J connectivity index is 2.08. The van der Waals surface area contributed by atoms with Crippen LogP contribution in [0.2, 0.25) is 5.02 Å². The summed E-state index contributed by atoms with van der Waals surface area (Å²) in [5.74, 6) is 0.245. The van der Waals surface area contributed by atoms with E-state index in [1.165, 1.54) is 6.07 Å². The lowest BCUT2D eigenvalue weighted by atomic mass is 10.2. The fraction of sp³-hybridized carbons (Fsp3) is 0.0714. The Hall–Kier alpha value is -1.57. The van der Waals surface area contributed by atoms with Gasteiger partial charge in [0, 0.05) is 6.07 Å². The number of nitrogens with zero attached hydrogens (tertiary/aromatic N) is 1. The van der Waals surface area contributed by atoms with Crippen LogP contribution >= 0.6 is 27.5 Å². The molecular weight excluding hydrogens is 333 g/mol. The van der Waals surface area contributed by atoms with Gasteiger partial charge in [0.2, 0.25) is 0 Å². The molecule has 96 valence electrons. The molecule has 2 aromatic carbocycles. The predicted octanol–water partition coefficient (Wildman–Crippen LogP) is 4.69. The van der Waals surface area contributed by atoms with Crippen LogP contribution in [-0.4, -0.2) is 0 Å². The molecule has 0 aliphatic carbocycles. The van der Waals surface area contributed by atoms with Crippen molar-refractivity contribution in [3.8, 4) is 11.8 Å². The van der Waals surface area contributed by atoms with Crippen LogP contribution in [0.3, 0.4) is 0 Å². The van der Waals surface area contributed by atoms with Crippen LogP contribution in [0.4, 0.5) is 4.39 Å². The number of benzene rings is 2. The predicted molar refractivity (Wildman–Crippen MR) is 74.6 cm³/mol. The van der Waals surface area contributed by atoms with Crippen molar-refractivity contribution in [2.24, 2.45) is 0 Å². The average Bonchev–Trinajstić information content (AvgIpc) is 2.40. The maximum absolute atomic E-state index is 13.1. The van der Waals surface area contributed by atoms with E-state index in [1.54, 1.807) is 30.3 Å². The molecule has 0 aliphatic rings. The summed E-state index contributed by atoms with van der Waals surface area (Å²) in [7, 11) is 0. The van der Waals surface area contributed by atoms with E-state index >= 15 is 0 Å². The Kier molecular flexibility index (Phi) is 4.41. The minimum absolute atomic E-state index is 0.293. The molecule has 2 nitrogen and oxygen atoms in total. The average molecular weight is 341 g/mol. The number of rotatable bonds is 3. The van der Waals surface area contributed by atoms with Crippen LogP contribution in [-0.2, 0) is 6.61 Å². The maximum Gasteiger partial charge on any atom is 0.137 e. The molecule has 0 aliphatic heterocycles. The van der Waals surface area contributed by atoms with Gasteiger partial charge in [-0.2, -0.15) is 5.26 Å². The van der Waals surface area contributed by atoms with Crippen LogP contribution in [0, 0.1) is 17.1 Å². The Morgan fingerprint density at radius 3 is 2.68 bits per heavy atom. The largest absolute Gasteiger partial charge is 0.489 e. The van der Waals surface area contributed by atoms with E-state index in [1.807, 2.05) is 6.07 Å². The molecule has 0 bridgehead atoms. The topological polar surface area (TPSA) is 33.0 Å². The Morgan fingerprint density at radius 1 is 1.26 bits per heavy atom. The molecule has 0 amide bonds. The van der Waals surface area contributed by atoms with E-state index in [2.05, 4.69) is 15.9 Å². The Bertz CT molecular complexity index is 654. The highest BCUT2D eigenvalue weighted by atomic mass is 79.9. The van der Waals surface area contributed by atoms with Gasteiger partial charge in [0.05, 0.1) is 15.1 Å². The van der Waals surface area contributed by atoms with Gasteiger partial charge in [0.25, 0.3) is 0 Å². The summed E-state index contributed by atoms with van der Waals surface area (Å²) in [5, 5.41) is 9.11. The molecule has 0 radical (unpaired) electrons. The Morgan fingerprint density at radius 2 is 2.05 bits per heavy atom. The summed E-state index contributed by atoms with van der Waals surface area (Å²) in [4.78, 5) is 0. The fourth-order valence-electron chi connectivity index (χ4n) is 1.47. The van der Waals surface area contributed by atoms with E-state index in [9.17, 15) is 4.39 Å². The summed E-state index contributed by atoms with van der Waals surface area (Å²) < 4.78 is 19.0. The van der Waals surface area contributed by atoms with E-state index in [-0.39, 0.29) is 5.82 Å². The van der Waals surface area contributed by atoms with Crippen LogP contribution < -0.4 is 4.74 Å². The van der Waals surface area contributed by atoms with Gasteiger partial charge in [-0.3, -0.25) is 0 Å². The monoisotopic (exact) mass is 339 g/mol. The van der Waals surface area contributed by atoms with Crippen molar-refractivity contribution in [3.05, 3.63) is 62.8 Å². The van der Waals surface area contributed by atoms with Gasteiger partial charge in [-0.25, -0.2) is 4.39 Å². The molecule has 0 unspecified atom stereocenters. The van der Waals surface area contributed by atoms with Crippen molar-refractivity contribution in [2.75, 3.05) is 0 Å². The van der Waals surface area contributed by atoms with Gasteiger partial charge in [0.15, 0.2) is 0 Å². The Labute approximate surface area is 123 Å². The zero-order valence-electron chi connectivity index (χ0n) is 9.66.